The average molecular weight is 514 g/mol. The molecule has 0 aliphatic heterocycles. The number of ether oxygens (including phenoxy) is 1. The average Bonchev–Trinajstić information content (AvgIpc) is 2.69. The molecule has 0 bridgehead atoms. The summed E-state index contributed by atoms with van der Waals surface area (Å²) in [7, 11) is 0. The van der Waals surface area contributed by atoms with Crippen LogP contribution in [0.5, 0.6) is 11.6 Å². The van der Waals surface area contributed by atoms with Crippen LogP contribution in [0, 0.1) is 5.82 Å². The maximum absolute atomic E-state index is 13.4. The summed E-state index contributed by atoms with van der Waals surface area (Å²) in [5.74, 6) is 1.18. The van der Waals surface area contributed by atoms with Gasteiger partial charge in [0.25, 0.3) is 0 Å². The second-order valence-corrected chi connectivity index (χ2v) is 6.87. The fourth-order valence-electron chi connectivity index (χ4n) is 3.18. The van der Waals surface area contributed by atoms with E-state index in [0.717, 1.165) is 43.8 Å². The zero-order valence-electron chi connectivity index (χ0n) is 16.5. The Balaban J connectivity index is 0.00000300. The number of aromatic nitrogens is 1. The van der Waals surface area contributed by atoms with E-state index in [0.29, 0.717) is 24.2 Å². The minimum Gasteiger partial charge on any atom is -0.439 e. The van der Waals surface area contributed by atoms with Crippen LogP contribution in [0.15, 0.2) is 47.6 Å². The third-order valence-corrected chi connectivity index (χ3v) is 4.65. The Morgan fingerprint density at radius 1 is 1.24 bits per heavy atom. The Labute approximate surface area is 188 Å². The van der Waals surface area contributed by atoms with Crippen molar-refractivity contribution in [2.24, 2.45) is 4.99 Å². The monoisotopic (exact) mass is 514 g/mol. The first-order chi connectivity index (χ1) is 13.6. The summed E-state index contributed by atoms with van der Waals surface area (Å²) in [5, 5.41) is 16.4. The van der Waals surface area contributed by atoms with Gasteiger partial charge in [-0.05, 0) is 50.8 Å². The van der Waals surface area contributed by atoms with Gasteiger partial charge in [-0.2, -0.15) is 0 Å². The lowest BCUT2D eigenvalue weighted by Gasteiger charge is -2.27. The molecule has 29 heavy (non-hydrogen) atoms. The highest BCUT2D eigenvalue weighted by Gasteiger charge is 2.20. The normalized spacial score (nSPS) is 19.2. The summed E-state index contributed by atoms with van der Waals surface area (Å²) in [5.41, 5.74) is 0.808. The van der Waals surface area contributed by atoms with Gasteiger partial charge in [-0.3, -0.25) is 0 Å². The summed E-state index contributed by atoms with van der Waals surface area (Å²) in [4.78, 5) is 8.92. The molecule has 158 valence electrons. The highest BCUT2D eigenvalue weighted by molar-refractivity contribution is 14.0. The first kappa shape index (κ1) is 23.3. The summed E-state index contributed by atoms with van der Waals surface area (Å²) >= 11 is 0. The van der Waals surface area contributed by atoms with E-state index in [1.54, 1.807) is 18.3 Å². The second kappa shape index (κ2) is 11.9. The van der Waals surface area contributed by atoms with Gasteiger partial charge in [-0.25, -0.2) is 14.4 Å². The molecule has 1 aromatic carbocycles. The van der Waals surface area contributed by atoms with Crippen LogP contribution in [0.2, 0.25) is 0 Å². The Bertz CT molecular complexity index is 798. The maximum Gasteiger partial charge on any atom is 0.224 e. The van der Waals surface area contributed by atoms with Gasteiger partial charge < -0.3 is 20.5 Å². The molecule has 2 aromatic rings. The lowest BCUT2D eigenvalue weighted by Crippen LogP contribution is -2.45. The number of nitrogens with zero attached hydrogens (tertiary/aromatic N) is 2. The molecule has 0 spiro atoms. The van der Waals surface area contributed by atoms with Crippen LogP contribution in [-0.2, 0) is 6.54 Å². The Morgan fingerprint density at radius 2 is 2.03 bits per heavy atom. The second-order valence-electron chi connectivity index (χ2n) is 6.87. The van der Waals surface area contributed by atoms with Crippen LogP contribution in [0.25, 0.3) is 0 Å². The minimum atomic E-state index is -0.357. The number of halogens is 2. The smallest absolute Gasteiger partial charge is 0.224 e. The molecule has 0 amide bonds. The van der Waals surface area contributed by atoms with Crippen molar-refractivity contribution in [3.63, 3.8) is 0 Å². The topological polar surface area (TPSA) is 78.8 Å². The van der Waals surface area contributed by atoms with Crippen molar-refractivity contribution in [1.29, 1.82) is 0 Å². The van der Waals surface area contributed by atoms with E-state index in [1.165, 1.54) is 12.1 Å². The maximum atomic E-state index is 13.4. The van der Waals surface area contributed by atoms with E-state index in [2.05, 4.69) is 20.6 Å². The van der Waals surface area contributed by atoms with Crippen LogP contribution >= 0.6 is 24.0 Å². The standard InChI is InChI=1S/C21H27FN4O2.HI/c1-2-23-21(26-17-8-10-18(27)11-9-17)25-14-15-5-4-12-24-20(15)28-19-7-3-6-16(22)13-19;/h3-7,12-13,17-18,27H,2,8-11,14H2,1H3,(H2,23,25,26);1H. The number of aliphatic imine (C=N–C) groups is 1. The van der Waals surface area contributed by atoms with E-state index in [9.17, 15) is 9.50 Å². The number of aliphatic hydroxyl groups is 1. The lowest BCUT2D eigenvalue weighted by atomic mass is 9.93. The quantitative estimate of drug-likeness (QED) is 0.309. The molecule has 1 heterocycles. The Hall–Kier alpha value is -1.94. The molecule has 1 fully saturated rings. The number of hydrogen-bond donors (Lipinski definition) is 3. The number of benzene rings is 1. The van der Waals surface area contributed by atoms with Crippen molar-refractivity contribution in [2.75, 3.05) is 6.54 Å². The highest BCUT2D eigenvalue weighted by atomic mass is 127. The van der Waals surface area contributed by atoms with Crippen LogP contribution in [0.3, 0.4) is 0 Å². The van der Waals surface area contributed by atoms with Gasteiger partial charge >= 0.3 is 0 Å². The van der Waals surface area contributed by atoms with E-state index in [1.807, 2.05) is 19.1 Å². The third-order valence-electron chi connectivity index (χ3n) is 4.65. The van der Waals surface area contributed by atoms with Gasteiger partial charge in [0.15, 0.2) is 5.96 Å². The first-order valence-electron chi connectivity index (χ1n) is 9.74. The predicted octanol–water partition coefficient (Wildman–Crippen LogP) is 3.99. The molecule has 3 rings (SSSR count). The van der Waals surface area contributed by atoms with Crippen molar-refractivity contribution in [3.8, 4) is 11.6 Å². The molecule has 0 atom stereocenters. The van der Waals surface area contributed by atoms with Gasteiger partial charge in [-0.1, -0.05) is 12.1 Å². The zero-order valence-corrected chi connectivity index (χ0v) is 18.8. The number of guanidine groups is 1. The molecule has 1 aliphatic carbocycles. The third kappa shape index (κ3) is 7.43. The van der Waals surface area contributed by atoms with Gasteiger partial charge in [-0.15, -0.1) is 24.0 Å². The van der Waals surface area contributed by atoms with E-state index in [-0.39, 0.29) is 35.9 Å². The molecular formula is C21H28FIN4O2. The molecule has 8 heteroatoms. The van der Waals surface area contributed by atoms with E-state index < -0.39 is 0 Å². The van der Waals surface area contributed by atoms with Crippen molar-refractivity contribution >= 4 is 29.9 Å². The first-order valence-corrected chi connectivity index (χ1v) is 9.74. The molecule has 0 saturated heterocycles. The number of aliphatic hydroxyl groups excluding tert-OH is 1. The Kier molecular flexibility index (Phi) is 9.59. The van der Waals surface area contributed by atoms with Crippen molar-refractivity contribution in [3.05, 3.63) is 54.0 Å². The number of rotatable bonds is 6. The van der Waals surface area contributed by atoms with Crippen LogP contribution in [0.1, 0.15) is 38.2 Å². The highest BCUT2D eigenvalue weighted by Crippen LogP contribution is 2.24. The molecule has 3 N–H and O–H groups in total. The fraction of sp³-hybridized carbons (Fsp3) is 0.429. The number of pyridine rings is 1. The summed E-state index contributed by atoms with van der Waals surface area (Å²) < 4.78 is 19.2. The van der Waals surface area contributed by atoms with Crippen molar-refractivity contribution in [1.82, 2.24) is 15.6 Å². The number of hydrogen-bond acceptors (Lipinski definition) is 4. The molecule has 1 aliphatic rings. The summed E-state index contributed by atoms with van der Waals surface area (Å²) in [6.07, 6.45) is 4.92. The zero-order chi connectivity index (χ0) is 19.8. The van der Waals surface area contributed by atoms with Gasteiger partial charge in [0.1, 0.15) is 11.6 Å². The predicted molar refractivity (Wildman–Crippen MR) is 122 cm³/mol. The minimum absolute atomic E-state index is 0. The van der Waals surface area contributed by atoms with Crippen LogP contribution in [-0.4, -0.2) is 34.7 Å². The van der Waals surface area contributed by atoms with Crippen LogP contribution in [0.4, 0.5) is 4.39 Å². The summed E-state index contributed by atoms with van der Waals surface area (Å²) in [6, 6.07) is 10.0. The molecule has 6 nitrogen and oxygen atoms in total. The molecule has 0 unspecified atom stereocenters. The molecular weight excluding hydrogens is 486 g/mol. The molecule has 0 radical (unpaired) electrons. The van der Waals surface area contributed by atoms with Gasteiger partial charge in [0.2, 0.25) is 5.88 Å². The number of nitrogens with one attached hydrogen (secondary N) is 2. The lowest BCUT2D eigenvalue weighted by molar-refractivity contribution is 0.120. The SMILES string of the molecule is CCNC(=NCc1cccnc1Oc1cccc(F)c1)NC1CCC(O)CC1.I. The fourth-order valence-corrected chi connectivity index (χ4v) is 3.18. The van der Waals surface area contributed by atoms with E-state index in [4.69, 9.17) is 4.74 Å². The largest absolute Gasteiger partial charge is 0.439 e. The molecule has 1 saturated carbocycles. The summed E-state index contributed by atoms with van der Waals surface area (Å²) in [6.45, 7) is 3.15. The molecule has 1 aromatic heterocycles. The van der Waals surface area contributed by atoms with Crippen molar-refractivity contribution in [2.45, 2.75) is 51.3 Å². The van der Waals surface area contributed by atoms with E-state index >= 15 is 0 Å². The Morgan fingerprint density at radius 3 is 2.76 bits per heavy atom. The van der Waals surface area contributed by atoms with Crippen LogP contribution < -0.4 is 15.4 Å². The van der Waals surface area contributed by atoms with Gasteiger partial charge in [0.05, 0.1) is 12.6 Å². The van der Waals surface area contributed by atoms with Crippen molar-refractivity contribution < 1.29 is 14.2 Å². The van der Waals surface area contributed by atoms with Gasteiger partial charge in [0, 0.05) is 30.4 Å².